The maximum absolute atomic E-state index is 12.0. The van der Waals surface area contributed by atoms with Crippen molar-refractivity contribution in [2.24, 2.45) is 0 Å². The molecule has 2 aromatic rings. The van der Waals surface area contributed by atoms with Crippen molar-refractivity contribution in [2.45, 2.75) is 13.1 Å². The fraction of sp³-hybridized carbons (Fsp3) is 0.333. The number of nitrogens with zero attached hydrogens (tertiary/aromatic N) is 3. The van der Waals surface area contributed by atoms with Crippen molar-refractivity contribution < 1.29 is 17.9 Å². The van der Waals surface area contributed by atoms with E-state index >= 15 is 0 Å². The molecule has 0 radical (unpaired) electrons. The standard InChI is InChI=1S/C9H7BrF3N3O/c1-5-2-3-6(17-4-9(11,12)13)7-14-8(10)15-16(5)7/h2-3H,4H2,1H3. The van der Waals surface area contributed by atoms with Crippen molar-refractivity contribution in [2.75, 3.05) is 6.61 Å². The normalized spacial score (nSPS) is 12.1. The predicted molar refractivity (Wildman–Crippen MR) is 57.0 cm³/mol. The van der Waals surface area contributed by atoms with Crippen LogP contribution in [0.15, 0.2) is 16.9 Å². The van der Waals surface area contributed by atoms with Crippen molar-refractivity contribution in [3.63, 3.8) is 0 Å². The third-order valence-corrected chi connectivity index (χ3v) is 2.34. The van der Waals surface area contributed by atoms with Gasteiger partial charge >= 0.3 is 6.18 Å². The van der Waals surface area contributed by atoms with Crippen molar-refractivity contribution in [3.05, 3.63) is 22.6 Å². The molecule has 2 heterocycles. The monoisotopic (exact) mass is 309 g/mol. The first kappa shape index (κ1) is 12.2. The fourth-order valence-corrected chi connectivity index (χ4v) is 1.63. The second kappa shape index (κ2) is 4.17. The van der Waals surface area contributed by atoms with Crippen LogP contribution in [0.25, 0.3) is 5.65 Å². The van der Waals surface area contributed by atoms with Gasteiger partial charge in [0.15, 0.2) is 18.0 Å². The van der Waals surface area contributed by atoms with Crippen LogP contribution >= 0.6 is 15.9 Å². The molecule has 0 N–H and O–H groups in total. The average Bonchev–Trinajstić information content (AvgIpc) is 2.58. The highest BCUT2D eigenvalue weighted by Crippen LogP contribution is 2.23. The summed E-state index contributed by atoms with van der Waals surface area (Å²) in [5, 5.41) is 3.98. The minimum atomic E-state index is -4.38. The van der Waals surface area contributed by atoms with Crippen LogP contribution in [0.3, 0.4) is 0 Å². The summed E-state index contributed by atoms with van der Waals surface area (Å²) in [7, 11) is 0. The number of aryl methyl sites for hydroxylation is 1. The van der Waals surface area contributed by atoms with E-state index in [0.717, 1.165) is 5.69 Å². The van der Waals surface area contributed by atoms with E-state index in [0.29, 0.717) is 4.73 Å². The van der Waals surface area contributed by atoms with Gasteiger partial charge in [0.2, 0.25) is 4.73 Å². The minimum Gasteiger partial charge on any atom is -0.480 e. The number of rotatable bonds is 2. The van der Waals surface area contributed by atoms with Gasteiger partial charge in [-0.1, -0.05) is 0 Å². The first-order valence-electron chi connectivity index (χ1n) is 4.58. The second-order valence-electron chi connectivity index (χ2n) is 3.36. The minimum absolute atomic E-state index is 0.0473. The number of alkyl halides is 3. The molecule has 0 aliphatic heterocycles. The quantitative estimate of drug-likeness (QED) is 0.856. The van der Waals surface area contributed by atoms with Gasteiger partial charge in [0.25, 0.3) is 0 Å². The van der Waals surface area contributed by atoms with Gasteiger partial charge in [-0.05, 0) is 35.0 Å². The van der Waals surface area contributed by atoms with Gasteiger partial charge in [0.1, 0.15) is 0 Å². The Labute approximate surface area is 103 Å². The lowest BCUT2D eigenvalue weighted by Gasteiger charge is -2.09. The van der Waals surface area contributed by atoms with Crippen LogP contribution in [0.1, 0.15) is 5.69 Å². The van der Waals surface area contributed by atoms with Crippen molar-refractivity contribution in [1.82, 2.24) is 14.6 Å². The summed E-state index contributed by atoms with van der Waals surface area (Å²) in [6, 6.07) is 3.05. The zero-order valence-corrected chi connectivity index (χ0v) is 10.2. The molecule has 8 heteroatoms. The zero-order valence-electron chi connectivity index (χ0n) is 8.62. The first-order chi connectivity index (χ1) is 7.87. The van der Waals surface area contributed by atoms with Gasteiger partial charge in [-0.15, -0.1) is 5.10 Å². The Morgan fingerprint density at radius 1 is 1.41 bits per heavy atom. The third-order valence-electron chi connectivity index (χ3n) is 2.00. The van der Waals surface area contributed by atoms with Gasteiger partial charge < -0.3 is 4.74 Å². The van der Waals surface area contributed by atoms with E-state index in [4.69, 9.17) is 0 Å². The molecule has 0 atom stereocenters. The maximum atomic E-state index is 12.0. The number of hydrogen-bond acceptors (Lipinski definition) is 3. The Kier molecular flexibility index (Phi) is 2.98. The van der Waals surface area contributed by atoms with Crippen LogP contribution in [0, 0.1) is 6.92 Å². The van der Waals surface area contributed by atoms with Crippen LogP contribution in [0.5, 0.6) is 5.75 Å². The molecule has 4 nitrogen and oxygen atoms in total. The molecule has 0 amide bonds. The molecule has 0 fully saturated rings. The molecule has 0 aliphatic carbocycles. The van der Waals surface area contributed by atoms with Gasteiger partial charge in [-0.25, -0.2) is 4.52 Å². The molecule has 0 bridgehead atoms. The van der Waals surface area contributed by atoms with Gasteiger partial charge in [-0.3, -0.25) is 0 Å². The number of fused-ring (bicyclic) bond motifs is 1. The molecular weight excluding hydrogens is 303 g/mol. The van der Waals surface area contributed by atoms with Crippen LogP contribution in [-0.2, 0) is 0 Å². The van der Waals surface area contributed by atoms with E-state index in [2.05, 4.69) is 30.7 Å². The summed E-state index contributed by atoms with van der Waals surface area (Å²) < 4.78 is 42.5. The van der Waals surface area contributed by atoms with E-state index in [9.17, 15) is 13.2 Å². The van der Waals surface area contributed by atoms with E-state index in [-0.39, 0.29) is 11.4 Å². The molecule has 2 aromatic heterocycles. The Morgan fingerprint density at radius 2 is 2.12 bits per heavy atom. The number of hydrogen-bond donors (Lipinski definition) is 0. The summed E-state index contributed by atoms with van der Waals surface area (Å²) in [6.45, 7) is 0.415. The zero-order chi connectivity index (χ0) is 12.6. The molecular formula is C9H7BrF3N3O. The molecule has 0 aliphatic rings. The molecule has 2 rings (SSSR count). The lowest BCUT2D eigenvalue weighted by Crippen LogP contribution is -2.19. The molecule has 0 spiro atoms. The topological polar surface area (TPSA) is 39.4 Å². The first-order valence-corrected chi connectivity index (χ1v) is 5.37. The Hall–Kier alpha value is -1.31. The molecule has 92 valence electrons. The van der Waals surface area contributed by atoms with Crippen molar-refractivity contribution >= 4 is 21.6 Å². The highest BCUT2D eigenvalue weighted by atomic mass is 79.9. The van der Waals surface area contributed by atoms with E-state index < -0.39 is 12.8 Å². The van der Waals surface area contributed by atoms with Crippen LogP contribution in [0.2, 0.25) is 0 Å². The van der Waals surface area contributed by atoms with Crippen LogP contribution in [0.4, 0.5) is 13.2 Å². The lowest BCUT2D eigenvalue weighted by atomic mass is 10.3. The van der Waals surface area contributed by atoms with E-state index in [1.807, 2.05) is 0 Å². The molecule has 17 heavy (non-hydrogen) atoms. The van der Waals surface area contributed by atoms with Gasteiger partial charge in [0.05, 0.1) is 0 Å². The summed E-state index contributed by atoms with van der Waals surface area (Å²) >= 11 is 3.06. The Bertz CT molecular complexity index is 552. The maximum Gasteiger partial charge on any atom is 0.422 e. The highest BCUT2D eigenvalue weighted by molar-refractivity contribution is 9.10. The number of aromatic nitrogens is 3. The van der Waals surface area contributed by atoms with Crippen LogP contribution in [-0.4, -0.2) is 27.4 Å². The van der Waals surface area contributed by atoms with Crippen LogP contribution < -0.4 is 4.74 Å². The van der Waals surface area contributed by atoms with E-state index in [1.54, 1.807) is 13.0 Å². The molecule has 0 saturated carbocycles. The largest absolute Gasteiger partial charge is 0.480 e. The summed E-state index contributed by atoms with van der Waals surface area (Å²) in [5.41, 5.74) is 0.999. The summed E-state index contributed by atoms with van der Waals surface area (Å²) in [4.78, 5) is 3.95. The van der Waals surface area contributed by atoms with E-state index in [1.165, 1.54) is 10.6 Å². The van der Waals surface area contributed by atoms with Crippen molar-refractivity contribution in [3.8, 4) is 5.75 Å². The highest BCUT2D eigenvalue weighted by Gasteiger charge is 2.29. The smallest absolute Gasteiger partial charge is 0.422 e. The summed E-state index contributed by atoms with van der Waals surface area (Å²) in [6.07, 6.45) is -4.38. The van der Waals surface area contributed by atoms with Crippen molar-refractivity contribution in [1.29, 1.82) is 0 Å². The number of halogens is 4. The number of ether oxygens (including phenoxy) is 1. The molecule has 0 unspecified atom stereocenters. The molecule has 0 aromatic carbocycles. The third kappa shape index (κ3) is 2.68. The second-order valence-corrected chi connectivity index (χ2v) is 4.07. The predicted octanol–water partition coefficient (Wildman–Crippen LogP) is 2.74. The average molecular weight is 310 g/mol. The molecule has 0 saturated heterocycles. The summed E-state index contributed by atoms with van der Waals surface area (Å²) in [5.74, 6) is 0.0473. The number of pyridine rings is 1. The lowest BCUT2D eigenvalue weighted by molar-refractivity contribution is -0.153. The van der Waals surface area contributed by atoms with Gasteiger partial charge in [0, 0.05) is 5.69 Å². The Balaban J connectivity index is 2.38. The van der Waals surface area contributed by atoms with Gasteiger partial charge in [-0.2, -0.15) is 18.2 Å². The SMILES string of the molecule is Cc1ccc(OCC(F)(F)F)c2nc(Br)nn12. The Morgan fingerprint density at radius 3 is 2.76 bits per heavy atom. The fourth-order valence-electron chi connectivity index (χ4n) is 1.31.